The van der Waals surface area contributed by atoms with Crippen LogP contribution in [0.4, 0.5) is 0 Å². The van der Waals surface area contributed by atoms with E-state index in [4.69, 9.17) is 10.5 Å². The highest BCUT2D eigenvalue weighted by molar-refractivity contribution is 4.88. The van der Waals surface area contributed by atoms with E-state index in [1.54, 1.807) is 0 Å². The van der Waals surface area contributed by atoms with Gasteiger partial charge in [0.05, 0.1) is 6.61 Å². The normalized spacial score (nSPS) is 19.6. The number of ether oxygens (including phenoxy) is 1. The van der Waals surface area contributed by atoms with Gasteiger partial charge in [0.1, 0.15) is 0 Å². The van der Waals surface area contributed by atoms with E-state index >= 15 is 0 Å². The van der Waals surface area contributed by atoms with Crippen LogP contribution in [0.25, 0.3) is 0 Å². The molecule has 17 heavy (non-hydrogen) atoms. The average Bonchev–Trinajstić information content (AvgIpc) is 3.15. The Balaban J connectivity index is 2.26. The molecule has 0 aromatic heterocycles. The van der Waals surface area contributed by atoms with Crippen LogP contribution in [0, 0.1) is 5.92 Å². The van der Waals surface area contributed by atoms with Gasteiger partial charge in [-0.2, -0.15) is 0 Å². The molecule has 0 bridgehead atoms. The fourth-order valence-electron chi connectivity index (χ4n) is 2.48. The van der Waals surface area contributed by atoms with Crippen molar-refractivity contribution in [1.82, 2.24) is 4.90 Å². The van der Waals surface area contributed by atoms with E-state index < -0.39 is 0 Å². The van der Waals surface area contributed by atoms with Gasteiger partial charge >= 0.3 is 0 Å². The largest absolute Gasteiger partial charge is 0.380 e. The van der Waals surface area contributed by atoms with E-state index in [2.05, 4.69) is 25.8 Å². The smallest absolute Gasteiger partial charge is 0.0593 e. The van der Waals surface area contributed by atoms with Crippen molar-refractivity contribution < 1.29 is 4.74 Å². The fraction of sp³-hybridized carbons (Fsp3) is 1.00. The van der Waals surface area contributed by atoms with Gasteiger partial charge in [-0.15, -0.1) is 0 Å². The zero-order chi connectivity index (χ0) is 12.7. The van der Waals surface area contributed by atoms with Gasteiger partial charge in [0.25, 0.3) is 0 Å². The summed E-state index contributed by atoms with van der Waals surface area (Å²) in [6, 6.07) is 0. The van der Waals surface area contributed by atoms with E-state index in [1.165, 1.54) is 25.7 Å². The zero-order valence-electron chi connectivity index (χ0n) is 11.9. The first-order chi connectivity index (χ1) is 8.18. The van der Waals surface area contributed by atoms with Gasteiger partial charge in [-0.1, -0.05) is 20.3 Å². The summed E-state index contributed by atoms with van der Waals surface area (Å²) in [6.07, 6.45) is 6.23. The lowest BCUT2D eigenvalue weighted by atomic mass is 9.89. The van der Waals surface area contributed by atoms with Crippen molar-refractivity contribution in [2.45, 2.75) is 51.5 Å². The predicted molar refractivity (Wildman–Crippen MR) is 73.2 cm³/mol. The lowest BCUT2D eigenvalue weighted by molar-refractivity contribution is 0.0520. The predicted octanol–water partition coefficient (Wildman–Crippen LogP) is 2.25. The molecule has 1 aliphatic carbocycles. The highest BCUT2D eigenvalue weighted by Crippen LogP contribution is 2.29. The molecule has 0 aromatic carbocycles. The highest BCUT2D eigenvalue weighted by atomic mass is 16.5. The molecule has 3 heteroatoms. The minimum absolute atomic E-state index is 0.178. The molecule has 0 saturated heterocycles. The number of nitrogens with two attached hydrogens (primary N) is 1. The van der Waals surface area contributed by atoms with Crippen LogP contribution >= 0.6 is 0 Å². The van der Waals surface area contributed by atoms with E-state index in [9.17, 15) is 0 Å². The van der Waals surface area contributed by atoms with Gasteiger partial charge in [-0.05, 0) is 38.6 Å². The molecule has 102 valence electrons. The van der Waals surface area contributed by atoms with Crippen LogP contribution in [0.3, 0.4) is 0 Å². The molecule has 0 radical (unpaired) electrons. The van der Waals surface area contributed by atoms with Crippen LogP contribution in [0.15, 0.2) is 0 Å². The topological polar surface area (TPSA) is 38.5 Å². The van der Waals surface area contributed by atoms with Crippen LogP contribution < -0.4 is 5.73 Å². The molecule has 1 rings (SSSR count). The zero-order valence-corrected chi connectivity index (χ0v) is 11.9. The molecule has 3 nitrogen and oxygen atoms in total. The lowest BCUT2D eigenvalue weighted by Crippen LogP contribution is -2.52. The first-order valence-electron chi connectivity index (χ1n) is 7.17. The molecule has 1 atom stereocenters. The first-order valence-corrected chi connectivity index (χ1v) is 7.17. The average molecular weight is 242 g/mol. The Morgan fingerprint density at radius 2 is 2.06 bits per heavy atom. The van der Waals surface area contributed by atoms with Gasteiger partial charge < -0.3 is 10.5 Å². The molecule has 0 aliphatic heterocycles. The second-order valence-corrected chi connectivity index (χ2v) is 5.47. The SMILES string of the molecule is CCCC(CC)(CN)N(C)CCOCC1CC1. The third kappa shape index (κ3) is 4.57. The van der Waals surface area contributed by atoms with Crippen molar-refractivity contribution in [3.05, 3.63) is 0 Å². The van der Waals surface area contributed by atoms with Crippen molar-refractivity contribution >= 4 is 0 Å². The fourth-order valence-corrected chi connectivity index (χ4v) is 2.48. The molecule has 0 spiro atoms. The second-order valence-electron chi connectivity index (χ2n) is 5.47. The van der Waals surface area contributed by atoms with Crippen molar-refractivity contribution in [2.24, 2.45) is 11.7 Å². The first kappa shape index (κ1) is 14.9. The maximum Gasteiger partial charge on any atom is 0.0593 e. The third-order valence-corrected chi connectivity index (χ3v) is 4.18. The van der Waals surface area contributed by atoms with Crippen LogP contribution in [-0.4, -0.2) is 43.8 Å². The Bertz CT molecular complexity index is 200. The highest BCUT2D eigenvalue weighted by Gasteiger charge is 2.30. The standard InChI is InChI=1S/C14H30N2O/c1-4-8-14(5-2,12-15)16(3)9-10-17-11-13-6-7-13/h13H,4-12,15H2,1-3H3. The maximum absolute atomic E-state index is 5.99. The Kier molecular flexibility index (Phi) is 6.45. The Morgan fingerprint density at radius 1 is 1.35 bits per heavy atom. The molecule has 0 amide bonds. The van der Waals surface area contributed by atoms with Gasteiger partial charge in [0, 0.05) is 25.2 Å². The van der Waals surface area contributed by atoms with Crippen molar-refractivity contribution in [3.8, 4) is 0 Å². The van der Waals surface area contributed by atoms with Gasteiger partial charge in [0.15, 0.2) is 0 Å². The molecule has 1 fully saturated rings. The van der Waals surface area contributed by atoms with E-state index in [0.717, 1.165) is 38.6 Å². The van der Waals surface area contributed by atoms with E-state index in [-0.39, 0.29) is 5.54 Å². The molecule has 1 saturated carbocycles. The molecule has 0 heterocycles. The van der Waals surface area contributed by atoms with Crippen LogP contribution in [0.1, 0.15) is 46.0 Å². The van der Waals surface area contributed by atoms with Crippen molar-refractivity contribution in [2.75, 3.05) is 33.4 Å². The molecular formula is C14H30N2O. The quantitative estimate of drug-likeness (QED) is 0.597. The van der Waals surface area contributed by atoms with Gasteiger partial charge in [-0.25, -0.2) is 0 Å². The maximum atomic E-state index is 5.99. The van der Waals surface area contributed by atoms with Crippen LogP contribution in [0.2, 0.25) is 0 Å². The monoisotopic (exact) mass is 242 g/mol. The summed E-state index contributed by atoms with van der Waals surface area (Å²) in [5.74, 6) is 0.862. The third-order valence-electron chi connectivity index (χ3n) is 4.18. The Morgan fingerprint density at radius 3 is 2.53 bits per heavy atom. The minimum Gasteiger partial charge on any atom is -0.380 e. The summed E-state index contributed by atoms with van der Waals surface area (Å²) in [6.45, 7) is 8.03. The number of hydrogen-bond acceptors (Lipinski definition) is 3. The Labute approximate surface area is 107 Å². The molecule has 2 N–H and O–H groups in total. The second kappa shape index (κ2) is 7.34. The van der Waals surface area contributed by atoms with Gasteiger partial charge in [0.2, 0.25) is 0 Å². The van der Waals surface area contributed by atoms with Gasteiger partial charge in [-0.3, -0.25) is 4.90 Å². The van der Waals surface area contributed by atoms with Crippen molar-refractivity contribution in [1.29, 1.82) is 0 Å². The summed E-state index contributed by atoms with van der Waals surface area (Å²) >= 11 is 0. The van der Waals surface area contributed by atoms with E-state index in [1.807, 2.05) is 0 Å². The number of nitrogens with zero attached hydrogens (tertiary/aromatic N) is 1. The molecule has 1 aliphatic rings. The number of hydrogen-bond donors (Lipinski definition) is 1. The summed E-state index contributed by atoms with van der Waals surface area (Å²) in [5.41, 5.74) is 6.16. The van der Waals surface area contributed by atoms with Crippen LogP contribution in [-0.2, 0) is 4.74 Å². The molecule has 1 unspecified atom stereocenters. The number of likely N-dealkylation sites (N-methyl/N-ethyl adjacent to an activating group) is 1. The van der Waals surface area contributed by atoms with Crippen LogP contribution in [0.5, 0.6) is 0 Å². The van der Waals surface area contributed by atoms with Crippen molar-refractivity contribution in [3.63, 3.8) is 0 Å². The number of rotatable bonds is 10. The minimum atomic E-state index is 0.178. The molecule has 0 aromatic rings. The summed E-state index contributed by atoms with van der Waals surface area (Å²) in [7, 11) is 2.19. The summed E-state index contributed by atoms with van der Waals surface area (Å²) in [4.78, 5) is 2.41. The summed E-state index contributed by atoms with van der Waals surface area (Å²) < 4.78 is 5.71. The Hall–Kier alpha value is -0.120. The molecular weight excluding hydrogens is 212 g/mol. The summed E-state index contributed by atoms with van der Waals surface area (Å²) in [5, 5.41) is 0. The van der Waals surface area contributed by atoms with E-state index in [0.29, 0.717) is 0 Å². The lowest BCUT2D eigenvalue weighted by Gasteiger charge is -2.40.